The number of nitrogens with one attached hydrogen (secondary N) is 2. The van der Waals surface area contributed by atoms with Crippen molar-refractivity contribution in [2.75, 3.05) is 10.6 Å². The highest BCUT2D eigenvalue weighted by molar-refractivity contribution is 9.10. The molecule has 7 nitrogen and oxygen atoms in total. The van der Waals surface area contributed by atoms with Gasteiger partial charge in [-0.05, 0) is 60.5 Å². The Kier molecular flexibility index (Phi) is 4.72. The van der Waals surface area contributed by atoms with Gasteiger partial charge in [-0.15, -0.1) is 0 Å². The number of benzene rings is 2. The second-order valence-electron chi connectivity index (χ2n) is 6.84. The van der Waals surface area contributed by atoms with Gasteiger partial charge in [0, 0.05) is 15.9 Å². The molecule has 2 N–H and O–H groups in total. The Hall–Kier alpha value is -3.00. The fourth-order valence-corrected chi connectivity index (χ4v) is 3.67. The number of anilines is 2. The maximum atomic E-state index is 13.3. The highest BCUT2D eigenvalue weighted by Gasteiger charge is 2.34. The molecule has 2 aromatic carbocycles. The molecule has 1 aromatic heterocycles. The zero-order valence-electron chi connectivity index (χ0n) is 15.7. The Morgan fingerprint density at radius 3 is 2.61 bits per heavy atom. The molecule has 0 aliphatic carbocycles. The second-order valence-corrected chi connectivity index (χ2v) is 7.75. The van der Waals surface area contributed by atoms with Gasteiger partial charge in [-0.2, -0.15) is 4.68 Å². The molecule has 1 atom stereocenters. The quantitative estimate of drug-likeness (QED) is 0.645. The first-order valence-electron chi connectivity index (χ1n) is 8.84. The van der Waals surface area contributed by atoms with Crippen LogP contribution in [0.3, 0.4) is 0 Å². The fraction of sp³-hybridized carbons (Fsp3) is 0.200. The van der Waals surface area contributed by atoms with Gasteiger partial charge >= 0.3 is 0 Å². The maximum absolute atomic E-state index is 13.3. The van der Waals surface area contributed by atoms with Crippen molar-refractivity contribution < 1.29 is 4.79 Å². The summed E-state index contributed by atoms with van der Waals surface area (Å²) in [5.41, 5.74) is 5.16. The number of halogens is 1. The van der Waals surface area contributed by atoms with Gasteiger partial charge in [-0.25, -0.2) is 0 Å². The number of carbonyl (C=O) groups is 1. The largest absolute Gasteiger partial charge is 0.326 e. The van der Waals surface area contributed by atoms with Crippen LogP contribution in [0.5, 0.6) is 0 Å². The fourth-order valence-electron chi connectivity index (χ4n) is 3.40. The van der Waals surface area contributed by atoms with E-state index in [0.717, 1.165) is 32.5 Å². The van der Waals surface area contributed by atoms with Crippen molar-refractivity contribution >= 4 is 33.5 Å². The predicted molar refractivity (Wildman–Crippen MR) is 111 cm³/mol. The number of rotatable bonds is 3. The molecule has 2 heterocycles. The topological polar surface area (TPSA) is 84.7 Å². The summed E-state index contributed by atoms with van der Waals surface area (Å²) in [5.74, 6) is 0.319. The van der Waals surface area contributed by atoms with Crippen LogP contribution < -0.4 is 10.6 Å². The van der Waals surface area contributed by atoms with E-state index in [0.29, 0.717) is 11.5 Å². The molecule has 0 radical (unpaired) electrons. The van der Waals surface area contributed by atoms with Gasteiger partial charge in [0.25, 0.3) is 5.91 Å². The number of fused-ring (bicyclic) bond motifs is 1. The Morgan fingerprint density at radius 2 is 1.89 bits per heavy atom. The molecule has 142 valence electrons. The van der Waals surface area contributed by atoms with Crippen molar-refractivity contribution in [1.82, 2.24) is 20.2 Å². The van der Waals surface area contributed by atoms with Gasteiger partial charge in [0.2, 0.25) is 5.95 Å². The van der Waals surface area contributed by atoms with Crippen LogP contribution in [0.4, 0.5) is 11.6 Å². The van der Waals surface area contributed by atoms with Crippen LogP contribution in [-0.2, 0) is 4.79 Å². The summed E-state index contributed by atoms with van der Waals surface area (Å²) in [6, 6.07) is 13.3. The third kappa shape index (κ3) is 3.31. The zero-order valence-corrected chi connectivity index (χ0v) is 17.3. The van der Waals surface area contributed by atoms with Gasteiger partial charge in [-0.3, -0.25) is 4.79 Å². The van der Waals surface area contributed by atoms with Crippen molar-refractivity contribution in [2.45, 2.75) is 26.8 Å². The molecule has 3 aromatic rings. The van der Waals surface area contributed by atoms with Crippen molar-refractivity contribution in [3.8, 4) is 0 Å². The lowest BCUT2D eigenvalue weighted by molar-refractivity contribution is -0.113. The number of amides is 1. The minimum Gasteiger partial charge on any atom is -0.326 e. The molecule has 4 rings (SSSR count). The van der Waals surface area contributed by atoms with E-state index in [1.165, 1.54) is 0 Å². The number of carbonyl (C=O) groups excluding carboxylic acids is 1. The summed E-state index contributed by atoms with van der Waals surface area (Å²) < 4.78 is 2.59. The molecule has 0 unspecified atom stereocenters. The van der Waals surface area contributed by atoms with Crippen molar-refractivity contribution in [3.63, 3.8) is 0 Å². The van der Waals surface area contributed by atoms with Crippen LogP contribution >= 0.6 is 15.9 Å². The van der Waals surface area contributed by atoms with Crippen LogP contribution in [-0.4, -0.2) is 26.1 Å². The minimum atomic E-state index is -0.426. The molecular formula is C20H19BrN6O. The number of hydrogen-bond donors (Lipinski definition) is 2. The normalized spacial score (nSPS) is 15.8. The zero-order chi connectivity index (χ0) is 19.8. The SMILES string of the molecule is CC1=C(C(=O)Nc2ccc(C)cc2C)[C@H](c2ccc(Br)cc2)n2nnnc2N1. The van der Waals surface area contributed by atoms with Crippen LogP contribution in [0.2, 0.25) is 0 Å². The molecule has 28 heavy (non-hydrogen) atoms. The van der Waals surface area contributed by atoms with Gasteiger partial charge in [0.15, 0.2) is 0 Å². The van der Waals surface area contributed by atoms with Crippen molar-refractivity contribution in [3.05, 3.63) is 74.9 Å². The molecule has 0 bridgehead atoms. The molecule has 0 spiro atoms. The summed E-state index contributed by atoms with van der Waals surface area (Å²) in [6.07, 6.45) is 0. The highest BCUT2D eigenvalue weighted by Crippen LogP contribution is 2.35. The van der Waals surface area contributed by atoms with E-state index in [2.05, 4.69) is 42.1 Å². The molecule has 1 aliphatic heterocycles. The van der Waals surface area contributed by atoms with E-state index in [1.54, 1.807) is 4.68 Å². The summed E-state index contributed by atoms with van der Waals surface area (Å²) in [4.78, 5) is 13.3. The lowest BCUT2D eigenvalue weighted by Crippen LogP contribution is -2.31. The average Bonchev–Trinajstić information content (AvgIpc) is 3.11. The molecule has 0 saturated carbocycles. The van der Waals surface area contributed by atoms with Gasteiger partial charge in [0.05, 0.1) is 5.57 Å². The van der Waals surface area contributed by atoms with Crippen LogP contribution in [0.1, 0.15) is 29.7 Å². The highest BCUT2D eigenvalue weighted by atomic mass is 79.9. The Balaban J connectivity index is 1.76. The summed E-state index contributed by atoms with van der Waals surface area (Å²) in [7, 11) is 0. The standard InChI is InChI=1S/C20H19BrN6O/c1-11-4-9-16(12(2)10-11)23-19(28)17-13(3)22-20-24-25-26-27(20)18(17)14-5-7-15(21)8-6-14/h4-10,18H,1-3H3,(H,23,28)(H,22,24,26)/t18-/m0/s1. The van der Waals surface area contributed by atoms with E-state index in [4.69, 9.17) is 0 Å². The van der Waals surface area contributed by atoms with Crippen molar-refractivity contribution in [2.24, 2.45) is 0 Å². The first-order chi connectivity index (χ1) is 13.4. The number of hydrogen-bond acceptors (Lipinski definition) is 5. The Morgan fingerprint density at radius 1 is 1.14 bits per heavy atom. The Labute approximate surface area is 171 Å². The van der Waals surface area contributed by atoms with Crippen LogP contribution in [0.15, 0.2) is 58.2 Å². The monoisotopic (exact) mass is 438 g/mol. The molecule has 1 aliphatic rings. The lowest BCUT2D eigenvalue weighted by Gasteiger charge is -2.28. The first kappa shape index (κ1) is 18.4. The van der Waals surface area contributed by atoms with E-state index in [1.807, 2.05) is 63.2 Å². The van der Waals surface area contributed by atoms with E-state index in [-0.39, 0.29) is 5.91 Å². The van der Waals surface area contributed by atoms with Crippen LogP contribution in [0, 0.1) is 13.8 Å². The smallest absolute Gasteiger partial charge is 0.255 e. The van der Waals surface area contributed by atoms with Gasteiger partial charge < -0.3 is 10.6 Å². The Bertz CT molecular complexity index is 1090. The summed E-state index contributed by atoms with van der Waals surface area (Å²) in [5, 5.41) is 18.1. The molecule has 1 amide bonds. The number of aryl methyl sites for hydroxylation is 2. The third-order valence-electron chi connectivity index (χ3n) is 4.77. The first-order valence-corrected chi connectivity index (χ1v) is 9.63. The molecular weight excluding hydrogens is 420 g/mol. The number of aromatic nitrogens is 4. The molecule has 0 fully saturated rings. The predicted octanol–water partition coefficient (Wildman–Crippen LogP) is 3.98. The summed E-state index contributed by atoms with van der Waals surface area (Å²) in [6.45, 7) is 5.87. The number of tetrazole rings is 1. The van der Waals surface area contributed by atoms with E-state index < -0.39 is 6.04 Å². The molecule has 8 heteroatoms. The third-order valence-corrected chi connectivity index (χ3v) is 5.30. The van der Waals surface area contributed by atoms with E-state index in [9.17, 15) is 4.79 Å². The summed E-state index contributed by atoms with van der Waals surface area (Å²) >= 11 is 3.46. The van der Waals surface area contributed by atoms with Gasteiger partial charge in [0.1, 0.15) is 6.04 Å². The van der Waals surface area contributed by atoms with Crippen LogP contribution in [0.25, 0.3) is 0 Å². The number of allylic oxidation sites excluding steroid dienone is 1. The van der Waals surface area contributed by atoms with E-state index >= 15 is 0 Å². The average molecular weight is 439 g/mol. The molecule has 0 saturated heterocycles. The van der Waals surface area contributed by atoms with Gasteiger partial charge in [-0.1, -0.05) is 50.9 Å². The van der Waals surface area contributed by atoms with Crippen molar-refractivity contribution in [1.29, 1.82) is 0 Å². The second kappa shape index (κ2) is 7.20. The maximum Gasteiger partial charge on any atom is 0.255 e. The lowest BCUT2D eigenvalue weighted by atomic mass is 9.95. The minimum absolute atomic E-state index is 0.189. The number of nitrogens with zero attached hydrogens (tertiary/aromatic N) is 4.